The molecule has 0 atom stereocenters. The van der Waals surface area contributed by atoms with Crippen LogP contribution in [0.2, 0.25) is 5.02 Å². The molecule has 6 nitrogen and oxygen atoms in total. The highest BCUT2D eigenvalue weighted by molar-refractivity contribution is 6.30. The van der Waals surface area contributed by atoms with Gasteiger partial charge in [-0.3, -0.25) is 4.79 Å². The Morgan fingerprint density at radius 3 is 2.31 bits per heavy atom. The van der Waals surface area contributed by atoms with E-state index in [0.29, 0.717) is 23.8 Å². The summed E-state index contributed by atoms with van der Waals surface area (Å²) in [6.45, 7) is 2.85. The van der Waals surface area contributed by atoms with Crippen LogP contribution >= 0.6 is 11.6 Å². The number of nitrogen functional groups attached to an aromatic ring is 1. The van der Waals surface area contributed by atoms with E-state index in [-0.39, 0.29) is 30.3 Å². The first-order valence-corrected chi connectivity index (χ1v) is 12.2. The summed E-state index contributed by atoms with van der Waals surface area (Å²) < 4.78 is 45.2. The third-order valence-electron chi connectivity index (χ3n) is 6.67. The molecule has 0 aromatic heterocycles. The lowest BCUT2D eigenvalue weighted by molar-refractivity contribution is -0.139. The SMILES string of the molecule is Nc1ccc(NC2CCC(OCC(=O)N3CCN(c4ccc(Cl)cc4)CC3)CC2)cc1C(F)(F)F. The van der Waals surface area contributed by atoms with Crippen molar-refractivity contribution in [2.75, 3.05) is 48.7 Å². The Balaban J connectivity index is 1.17. The van der Waals surface area contributed by atoms with Gasteiger partial charge in [-0.1, -0.05) is 11.6 Å². The number of carbonyl (C=O) groups excluding carboxylic acids is 1. The number of ether oxygens (including phenoxy) is 1. The number of carbonyl (C=O) groups is 1. The summed E-state index contributed by atoms with van der Waals surface area (Å²) in [5, 5.41) is 3.88. The molecule has 0 unspecified atom stereocenters. The minimum absolute atomic E-state index is 0.0115. The summed E-state index contributed by atoms with van der Waals surface area (Å²) in [5.74, 6) is -0.0115. The molecule has 4 rings (SSSR count). The number of anilines is 3. The number of alkyl halides is 3. The average Bonchev–Trinajstić information content (AvgIpc) is 2.84. The van der Waals surface area contributed by atoms with Crippen molar-refractivity contribution in [1.82, 2.24) is 4.90 Å². The van der Waals surface area contributed by atoms with Crippen LogP contribution in [0, 0.1) is 0 Å². The highest BCUT2D eigenvalue weighted by Crippen LogP contribution is 2.36. The number of piperazine rings is 1. The predicted octanol–water partition coefficient (Wildman–Crippen LogP) is 5.03. The zero-order valence-electron chi connectivity index (χ0n) is 19.4. The number of halogens is 4. The van der Waals surface area contributed by atoms with E-state index >= 15 is 0 Å². The fourth-order valence-corrected chi connectivity index (χ4v) is 4.77. The first-order chi connectivity index (χ1) is 16.7. The Hall–Kier alpha value is -2.65. The molecule has 10 heteroatoms. The summed E-state index contributed by atoms with van der Waals surface area (Å²) in [7, 11) is 0. The normalized spacial score (nSPS) is 21.1. The van der Waals surface area contributed by atoms with Crippen LogP contribution in [0.5, 0.6) is 0 Å². The number of hydrogen-bond acceptors (Lipinski definition) is 5. The maximum atomic E-state index is 13.1. The monoisotopic (exact) mass is 510 g/mol. The molecule has 1 saturated heterocycles. The summed E-state index contributed by atoms with van der Waals surface area (Å²) in [6, 6.07) is 11.6. The molecule has 1 aliphatic carbocycles. The van der Waals surface area contributed by atoms with Gasteiger partial charge in [0.25, 0.3) is 0 Å². The topological polar surface area (TPSA) is 70.8 Å². The maximum Gasteiger partial charge on any atom is 0.418 e. The van der Waals surface area contributed by atoms with Gasteiger partial charge in [-0.05, 0) is 68.1 Å². The number of nitrogens with one attached hydrogen (secondary N) is 1. The van der Waals surface area contributed by atoms with Gasteiger partial charge in [0.2, 0.25) is 5.91 Å². The molecular formula is C25H30ClF3N4O2. The van der Waals surface area contributed by atoms with Crippen molar-refractivity contribution in [3.63, 3.8) is 0 Å². The second kappa shape index (κ2) is 11.0. The van der Waals surface area contributed by atoms with E-state index in [2.05, 4.69) is 10.2 Å². The zero-order valence-corrected chi connectivity index (χ0v) is 20.1. The first-order valence-electron chi connectivity index (χ1n) is 11.8. The van der Waals surface area contributed by atoms with E-state index < -0.39 is 11.7 Å². The third-order valence-corrected chi connectivity index (χ3v) is 6.92. The van der Waals surface area contributed by atoms with Crippen LogP contribution in [0.4, 0.5) is 30.2 Å². The summed E-state index contributed by atoms with van der Waals surface area (Å²) in [4.78, 5) is 16.7. The van der Waals surface area contributed by atoms with Crippen LogP contribution < -0.4 is 16.0 Å². The summed E-state index contributed by atoms with van der Waals surface area (Å²) in [6.07, 6.45) is -1.51. The Morgan fingerprint density at radius 1 is 1.03 bits per heavy atom. The maximum absolute atomic E-state index is 13.1. The van der Waals surface area contributed by atoms with E-state index in [1.807, 2.05) is 29.2 Å². The quantitative estimate of drug-likeness (QED) is 0.533. The van der Waals surface area contributed by atoms with E-state index in [1.165, 1.54) is 6.07 Å². The van der Waals surface area contributed by atoms with Gasteiger partial charge in [0.15, 0.2) is 0 Å². The van der Waals surface area contributed by atoms with Crippen LogP contribution in [0.25, 0.3) is 0 Å². The summed E-state index contributed by atoms with van der Waals surface area (Å²) in [5.41, 5.74) is 5.87. The Morgan fingerprint density at radius 2 is 1.69 bits per heavy atom. The van der Waals surface area contributed by atoms with Crippen molar-refractivity contribution in [2.24, 2.45) is 0 Å². The van der Waals surface area contributed by atoms with Crippen molar-refractivity contribution >= 4 is 34.6 Å². The summed E-state index contributed by atoms with van der Waals surface area (Å²) >= 11 is 5.95. The number of hydrogen-bond donors (Lipinski definition) is 2. The molecule has 0 spiro atoms. The smallest absolute Gasteiger partial charge is 0.398 e. The molecule has 1 saturated carbocycles. The van der Waals surface area contributed by atoms with Crippen LogP contribution in [0.15, 0.2) is 42.5 Å². The fraction of sp³-hybridized carbons (Fsp3) is 0.480. The van der Waals surface area contributed by atoms with Gasteiger partial charge >= 0.3 is 6.18 Å². The van der Waals surface area contributed by atoms with Crippen molar-refractivity contribution in [2.45, 2.75) is 44.0 Å². The molecular weight excluding hydrogens is 481 g/mol. The van der Waals surface area contributed by atoms with Crippen molar-refractivity contribution in [3.05, 3.63) is 53.1 Å². The Kier molecular flexibility index (Phi) is 7.96. The lowest BCUT2D eigenvalue weighted by Crippen LogP contribution is -2.50. The number of nitrogens with zero attached hydrogens (tertiary/aromatic N) is 2. The van der Waals surface area contributed by atoms with Crippen molar-refractivity contribution in [1.29, 1.82) is 0 Å². The highest BCUT2D eigenvalue weighted by Gasteiger charge is 2.33. The fourth-order valence-electron chi connectivity index (χ4n) is 4.65. The average molecular weight is 511 g/mol. The molecule has 2 aliphatic rings. The number of amides is 1. The van der Waals surface area contributed by atoms with Gasteiger partial charge in [0.1, 0.15) is 6.61 Å². The molecule has 35 heavy (non-hydrogen) atoms. The van der Waals surface area contributed by atoms with Gasteiger partial charge in [-0.25, -0.2) is 0 Å². The molecule has 2 aromatic carbocycles. The van der Waals surface area contributed by atoms with E-state index in [0.717, 1.165) is 50.5 Å². The number of benzene rings is 2. The lowest BCUT2D eigenvalue weighted by Gasteiger charge is -2.36. The second-order valence-corrected chi connectivity index (χ2v) is 9.51. The molecule has 2 aromatic rings. The van der Waals surface area contributed by atoms with Gasteiger partial charge in [0.05, 0.1) is 11.7 Å². The van der Waals surface area contributed by atoms with E-state index in [9.17, 15) is 18.0 Å². The minimum Gasteiger partial charge on any atom is -0.398 e. The largest absolute Gasteiger partial charge is 0.418 e. The Labute approximate surface area is 208 Å². The van der Waals surface area contributed by atoms with E-state index in [1.54, 1.807) is 6.07 Å². The molecule has 190 valence electrons. The minimum atomic E-state index is -4.48. The van der Waals surface area contributed by atoms with Gasteiger partial charge in [-0.2, -0.15) is 13.2 Å². The molecule has 2 fully saturated rings. The molecule has 1 aliphatic heterocycles. The van der Waals surface area contributed by atoms with Gasteiger partial charge in [-0.15, -0.1) is 0 Å². The van der Waals surface area contributed by atoms with Crippen molar-refractivity contribution < 1.29 is 22.7 Å². The van der Waals surface area contributed by atoms with E-state index in [4.69, 9.17) is 22.1 Å². The van der Waals surface area contributed by atoms with Crippen LogP contribution in [0.1, 0.15) is 31.2 Å². The molecule has 1 heterocycles. The predicted molar refractivity (Wildman–Crippen MR) is 132 cm³/mol. The molecule has 0 radical (unpaired) electrons. The Bertz CT molecular complexity index is 1000. The van der Waals surface area contributed by atoms with Gasteiger partial charge in [0, 0.05) is 54.3 Å². The number of nitrogens with two attached hydrogens (primary N) is 1. The molecule has 3 N–H and O–H groups in total. The second-order valence-electron chi connectivity index (χ2n) is 9.07. The van der Waals surface area contributed by atoms with Crippen LogP contribution in [-0.4, -0.2) is 55.7 Å². The van der Waals surface area contributed by atoms with Crippen LogP contribution in [0.3, 0.4) is 0 Å². The third kappa shape index (κ3) is 6.73. The van der Waals surface area contributed by atoms with Gasteiger partial charge < -0.3 is 25.6 Å². The first kappa shape index (κ1) is 25.4. The lowest BCUT2D eigenvalue weighted by atomic mass is 9.92. The standard InChI is InChI=1S/C25H30ClF3N4O2/c26-17-1-6-20(7-2-17)32-11-13-33(14-12-32)24(34)16-35-21-8-3-18(4-9-21)31-19-5-10-23(30)22(15-19)25(27,28)29/h1-2,5-7,10,15,18,21,31H,3-4,8-9,11-14,16,30H2. The van der Waals surface area contributed by atoms with Crippen molar-refractivity contribution in [3.8, 4) is 0 Å². The highest BCUT2D eigenvalue weighted by atomic mass is 35.5. The molecule has 1 amide bonds. The molecule has 0 bridgehead atoms. The zero-order chi connectivity index (χ0) is 25.0. The van der Waals surface area contributed by atoms with Crippen LogP contribution in [-0.2, 0) is 15.7 Å². The number of rotatable bonds is 6.